The lowest BCUT2D eigenvalue weighted by molar-refractivity contribution is 0.0936. The van der Waals surface area contributed by atoms with E-state index in [1.807, 2.05) is 32.2 Å². The molecule has 0 aromatic heterocycles. The highest BCUT2D eigenvalue weighted by atomic mass is 16.1. The van der Waals surface area contributed by atoms with E-state index in [1.165, 1.54) is 0 Å². The van der Waals surface area contributed by atoms with Gasteiger partial charge in [0.05, 0.1) is 0 Å². The van der Waals surface area contributed by atoms with Gasteiger partial charge in [-0.15, -0.1) is 0 Å². The standard InChI is InChI=1S/C16H26N2O/c1-11(2)6-7-13(4)18-16(19)15-9-8-14(17-5)10-12(15)3/h8-11,13,17H,6-7H2,1-5H3,(H,18,19). The average Bonchev–Trinajstić information content (AvgIpc) is 2.35. The first-order chi connectivity index (χ1) is 8.93. The van der Waals surface area contributed by atoms with Crippen molar-refractivity contribution in [3.8, 4) is 0 Å². The minimum Gasteiger partial charge on any atom is -0.388 e. The van der Waals surface area contributed by atoms with E-state index >= 15 is 0 Å². The predicted octanol–water partition coefficient (Wildman–Crippen LogP) is 3.59. The van der Waals surface area contributed by atoms with Crippen LogP contribution in [0.3, 0.4) is 0 Å². The Hall–Kier alpha value is -1.51. The summed E-state index contributed by atoms with van der Waals surface area (Å²) in [4.78, 5) is 12.2. The van der Waals surface area contributed by atoms with Gasteiger partial charge < -0.3 is 10.6 Å². The fourth-order valence-electron chi connectivity index (χ4n) is 2.03. The molecule has 0 spiro atoms. The molecule has 1 atom stereocenters. The number of nitrogens with one attached hydrogen (secondary N) is 2. The number of carbonyl (C=O) groups is 1. The van der Waals surface area contributed by atoms with E-state index in [0.717, 1.165) is 29.7 Å². The average molecular weight is 262 g/mol. The maximum atomic E-state index is 12.2. The van der Waals surface area contributed by atoms with Crippen LogP contribution in [0.1, 0.15) is 49.5 Å². The van der Waals surface area contributed by atoms with Crippen LogP contribution in [-0.4, -0.2) is 19.0 Å². The van der Waals surface area contributed by atoms with Gasteiger partial charge in [-0.1, -0.05) is 13.8 Å². The molecule has 0 radical (unpaired) electrons. The van der Waals surface area contributed by atoms with Crippen LogP contribution >= 0.6 is 0 Å². The summed E-state index contributed by atoms with van der Waals surface area (Å²) >= 11 is 0. The summed E-state index contributed by atoms with van der Waals surface area (Å²) in [5.41, 5.74) is 2.79. The summed E-state index contributed by atoms with van der Waals surface area (Å²) in [6, 6.07) is 6.03. The van der Waals surface area contributed by atoms with Crippen LogP contribution < -0.4 is 10.6 Å². The summed E-state index contributed by atoms with van der Waals surface area (Å²) in [5, 5.41) is 6.15. The molecule has 3 nitrogen and oxygen atoms in total. The smallest absolute Gasteiger partial charge is 0.251 e. The minimum atomic E-state index is 0.0245. The number of hydrogen-bond acceptors (Lipinski definition) is 2. The van der Waals surface area contributed by atoms with Crippen LogP contribution in [0.25, 0.3) is 0 Å². The van der Waals surface area contributed by atoms with Crippen molar-refractivity contribution < 1.29 is 4.79 Å². The van der Waals surface area contributed by atoms with Gasteiger partial charge in [-0.2, -0.15) is 0 Å². The Bertz CT molecular complexity index is 427. The molecule has 1 amide bonds. The fourth-order valence-corrected chi connectivity index (χ4v) is 2.03. The molecule has 106 valence electrons. The number of amides is 1. The van der Waals surface area contributed by atoms with Gasteiger partial charge in [-0.25, -0.2) is 0 Å². The third kappa shape index (κ3) is 4.93. The molecule has 0 saturated heterocycles. The molecule has 3 heteroatoms. The highest BCUT2D eigenvalue weighted by molar-refractivity contribution is 5.96. The lowest BCUT2D eigenvalue weighted by Crippen LogP contribution is -2.33. The summed E-state index contributed by atoms with van der Waals surface area (Å²) in [6.07, 6.45) is 2.16. The van der Waals surface area contributed by atoms with Gasteiger partial charge in [0.2, 0.25) is 0 Å². The predicted molar refractivity (Wildman–Crippen MR) is 81.7 cm³/mol. The second kappa shape index (κ2) is 7.17. The van der Waals surface area contributed by atoms with E-state index in [0.29, 0.717) is 5.92 Å². The lowest BCUT2D eigenvalue weighted by Gasteiger charge is -2.16. The van der Waals surface area contributed by atoms with E-state index in [1.54, 1.807) is 0 Å². The fraction of sp³-hybridized carbons (Fsp3) is 0.562. The Balaban J connectivity index is 2.62. The Kier molecular flexibility index (Phi) is 5.87. The van der Waals surface area contributed by atoms with Crippen molar-refractivity contribution >= 4 is 11.6 Å². The van der Waals surface area contributed by atoms with Crippen LogP contribution in [0, 0.1) is 12.8 Å². The molecule has 0 aliphatic heterocycles. The van der Waals surface area contributed by atoms with Gasteiger partial charge in [0.15, 0.2) is 0 Å². The molecule has 1 aromatic rings. The molecular formula is C16H26N2O. The van der Waals surface area contributed by atoms with Crippen molar-refractivity contribution in [1.29, 1.82) is 0 Å². The highest BCUT2D eigenvalue weighted by Crippen LogP contribution is 2.15. The Morgan fingerprint density at radius 1 is 1.21 bits per heavy atom. The largest absolute Gasteiger partial charge is 0.388 e. The zero-order chi connectivity index (χ0) is 14.4. The van der Waals surface area contributed by atoms with E-state index < -0.39 is 0 Å². The Morgan fingerprint density at radius 3 is 2.42 bits per heavy atom. The molecule has 1 aromatic carbocycles. The molecule has 0 heterocycles. The normalized spacial score (nSPS) is 12.3. The van der Waals surface area contributed by atoms with Crippen LogP contribution in [-0.2, 0) is 0 Å². The second-order valence-corrected chi connectivity index (χ2v) is 5.63. The van der Waals surface area contributed by atoms with Crippen molar-refractivity contribution in [2.24, 2.45) is 5.92 Å². The first kappa shape index (κ1) is 15.5. The molecule has 2 N–H and O–H groups in total. The van der Waals surface area contributed by atoms with E-state index in [9.17, 15) is 4.79 Å². The number of hydrogen-bond donors (Lipinski definition) is 2. The number of aryl methyl sites for hydroxylation is 1. The van der Waals surface area contributed by atoms with Crippen molar-refractivity contribution in [2.75, 3.05) is 12.4 Å². The number of carbonyl (C=O) groups excluding carboxylic acids is 1. The van der Waals surface area contributed by atoms with Crippen molar-refractivity contribution in [2.45, 2.75) is 46.6 Å². The second-order valence-electron chi connectivity index (χ2n) is 5.63. The van der Waals surface area contributed by atoms with E-state index in [2.05, 4.69) is 31.4 Å². The van der Waals surface area contributed by atoms with Crippen LogP contribution in [0.2, 0.25) is 0 Å². The van der Waals surface area contributed by atoms with Crippen LogP contribution in [0.15, 0.2) is 18.2 Å². The van der Waals surface area contributed by atoms with Gasteiger partial charge in [-0.3, -0.25) is 4.79 Å². The van der Waals surface area contributed by atoms with Crippen LogP contribution in [0.4, 0.5) is 5.69 Å². The summed E-state index contributed by atoms with van der Waals surface area (Å²) in [7, 11) is 1.88. The maximum absolute atomic E-state index is 12.2. The van der Waals surface area contributed by atoms with Gasteiger partial charge >= 0.3 is 0 Å². The molecular weight excluding hydrogens is 236 g/mol. The van der Waals surface area contributed by atoms with Crippen LogP contribution in [0.5, 0.6) is 0 Å². The molecule has 0 aliphatic carbocycles. The van der Waals surface area contributed by atoms with Crippen molar-refractivity contribution in [1.82, 2.24) is 5.32 Å². The van der Waals surface area contributed by atoms with Gasteiger partial charge in [-0.05, 0) is 56.4 Å². The zero-order valence-electron chi connectivity index (χ0n) is 12.7. The number of benzene rings is 1. The molecule has 19 heavy (non-hydrogen) atoms. The Morgan fingerprint density at radius 2 is 1.89 bits per heavy atom. The molecule has 1 rings (SSSR count). The van der Waals surface area contributed by atoms with E-state index in [4.69, 9.17) is 0 Å². The number of anilines is 1. The SMILES string of the molecule is CNc1ccc(C(=O)NC(C)CCC(C)C)c(C)c1. The number of rotatable bonds is 6. The summed E-state index contributed by atoms with van der Waals surface area (Å²) in [6.45, 7) is 8.44. The topological polar surface area (TPSA) is 41.1 Å². The molecule has 0 aliphatic rings. The Labute approximate surface area is 116 Å². The zero-order valence-corrected chi connectivity index (χ0v) is 12.7. The first-order valence-corrected chi connectivity index (χ1v) is 7.03. The van der Waals surface area contributed by atoms with E-state index in [-0.39, 0.29) is 11.9 Å². The van der Waals surface area contributed by atoms with Gasteiger partial charge in [0.25, 0.3) is 5.91 Å². The van der Waals surface area contributed by atoms with Gasteiger partial charge in [0, 0.05) is 24.3 Å². The molecule has 0 saturated carbocycles. The van der Waals surface area contributed by atoms with Crippen molar-refractivity contribution in [3.05, 3.63) is 29.3 Å². The van der Waals surface area contributed by atoms with Gasteiger partial charge in [0.1, 0.15) is 0 Å². The monoisotopic (exact) mass is 262 g/mol. The maximum Gasteiger partial charge on any atom is 0.251 e. The summed E-state index contributed by atoms with van der Waals surface area (Å²) < 4.78 is 0. The third-order valence-electron chi connectivity index (χ3n) is 3.31. The van der Waals surface area contributed by atoms with Crippen molar-refractivity contribution in [3.63, 3.8) is 0 Å². The lowest BCUT2D eigenvalue weighted by atomic mass is 10.0. The third-order valence-corrected chi connectivity index (χ3v) is 3.31. The highest BCUT2D eigenvalue weighted by Gasteiger charge is 2.12. The quantitative estimate of drug-likeness (QED) is 0.822. The molecule has 0 fully saturated rings. The minimum absolute atomic E-state index is 0.0245. The first-order valence-electron chi connectivity index (χ1n) is 7.03. The summed E-state index contributed by atoms with van der Waals surface area (Å²) in [5.74, 6) is 0.701. The molecule has 1 unspecified atom stereocenters. The molecule has 0 bridgehead atoms.